The van der Waals surface area contributed by atoms with Crippen LogP contribution in [0, 0.1) is 6.92 Å². The van der Waals surface area contributed by atoms with E-state index in [4.69, 9.17) is 9.84 Å². The average molecular weight is 261 g/mol. The molecule has 2 heterocycles. The molecule has 8 heteroatoms. The first-order valence-corrected chi connectivity index (χ1v) is 6.72. The molecule has 7 nitrogen and oxygen atoms in total. The van der Waals surface area contributed by atoms with E-state index in [9.17, 15) is 8.42 Å². The number of H-pyrrole nitrogens is 1. The second-order valence-electron chi connectivity index (χ2n) is 3.86. The molecule has 2 rings (SSSR count). The number of nitrogens with one attached hydrogen (secondary N) is 1. The molecule has 2 N–H and O–H groups in total. The molecule has 1 aromatic heterocycles. The van der Waals surface area contributed by atoms with Crippen LogP contribution in [0.3, 0.4) is 0 Å². The van der Waals surface area contributed by atoms with E-state index >= 15 is 0 Å². The average Bonchev–Trinajstić information content (AvgIpc) is 2.76. The van der Waals surface area contributed by atoms with E-state index in [1.54, 1.807) is 6.92 Å². The smallest absolute Gasteiger partial charge is 0.260 e. The number of aliphatic hydroxyl groups is 1. The Bertz CT molecular complexity index is 484. The van der Waals surface area contributed by atoms with Crippen LogP contribution in [0.4, 0.5) is 0 Å². The summed E-state index contributed by atoms with van der Waals surface area (Å²) >= 11 is 0. The van der Waals surface area contributed by atoms with Gasteiger partial charge in [-0.25, -0.2) is 13.4 Å². The fourth-order valence-electron chi connectivity index (χ4n) is 1.76. The van der Waals surface area contributed by atoms with Crippen molar-refractivity contribution in [1.29, 1.82) is 0 Å². The van der Waals surface area contributed by atoms with Crippen LogP contribution in [0.25, 0.3) is 0 Å². The summed E-state index contributed by atoms with van der Waals surface area (Å²) in [6.07, 6.45) is 1.29. The minimum absolute atomic E-state index is 0.0513. The number of aliphatic hydroxyl groups excluding tert-OH is 1. The summed E-state index contributed by atoms with van der Waals surface area (Å²) in [7, 11) is -3.63. The maximum Gasteiger partial charge on any atom is 0.260 e. The number of imidazole rings is 1. The monoisotopic (exact) mass is 261 g/mol. The van der Waals surface area contributed by atoms with Crippen molar-refractivity contribution in [1.82, 2.24) is 14.3 Å². The van der Waals surface area contributed by atoms with Crippen molar-refractivity contribution in [2.75, 3.05) is 26.4 Å². The maximum atomic E-state index is 12.3. The lowest BCUT2D eigenvalue weighted by Gasteiger charge is -2.32. The van der Waals surface area contributed by atoms with Crippen molar-refractivity contribution in [2.24, 2.45) is 0 Å². The van der Waals surface area contributed by atoms with Gasteiger partial charge in [0.25, 0.3) is 10.0 Å². The van der Waals surface area contributed by atoms with E-state index in [-0.39, 0.29) is 24.8 Å². The number of ether oxygens (including phenoxy) is 1. The number of sulfonamides is 1. The van der Waals surface area contributed by atoms with Crippen LogP contribution in [0.15, 0.2) is 11.2 Å². The summed E-state index contributed by atoms with van der Waals surface area (Å²) in [6, 6.07) is -0.530. The number of hydrogen-bond donors (Lipinski definition) is 2. The Balaban J connectivity index is 2.30. The lowest BCUT2D eigenvalue weighted by Crippen LogP contribution is -2.50. The highest BCUT2D eigenvalue weighted by atomic mass is 32.2. The quantitative estimate of drug-likeness (QED) is 0.735. The van der Waals surface area contributed by atoms with Crippen LogP contribution in [-0.2, 0) is 14.8 Å². The second-order valence-corrected chi connectivity index (χ2v) is 5.72. The minimum atomic E-state index is -3.63. The van der Waals surface area contributed by atoms with Crippen molar-refractivity contribution in [3.8, 4) is 0 Å². The lowest BCUT2D eigenvalue weighted by atomic mass is 10.3. The van der Waals surface area contributed by atoms with Crippen LogP contribution in [0.2, 0.25) is 0 Å². The zero-order chi connectivity index (χ0) is 12.5. The number of hydrogen-bond acceptors (Lipinski definition) is 5. The molecule has 1 unspecified atom stereocenters. The van der Waals surface area contributed by atoms with Gasteiger partial charge in [-0.3, -0.25) is 0 Å². The van der Waals surface area contributed by atoms with E-state index in [2.05, 4.69) is 9.97 Å². The zero-order valence-corrected chi connectivity index (χ0v) is 10.3. The predicted molar refractivity (Wildman–Crippen MR) is 58.9 cm³/mol. The van der Waals surface area contributed by atoms with E-state index in [1.807, 2.05) is 0 Å². The molecule has 1 aromatic rings. The molecule has 0 radical (unpaired) electrons. The highest BCUT2D eigenvalue weighted by molar-refractivity contribution is 7.89. The number of morpholine rings is 1. The van der Waals surface area contributed by atoms with Crippen LogP contribution in [0.5, 0.6) is 0 Å². The Hall–Kier alpha value is -0.960. The van der Waals surface area contributed by atoms with Gasteiger partial charge in [0.1, 0.15) is 5.82 Å². The number of aromatic nitrogens is 2. The molecule has 1 atom stereocenters. The summed E-state index contributed by atoms with van der Waals surface area (Å²) in [5.41, 5.74) is 0. The van der Waals surface area contributed by atoms with E-state index < -0.39 is 16.1 Å². The van der Waals surface area contributed by atoms with Gasteiger partial charge in [0.05, 0.1) is 32.1 Å². The highest BCUT2D eigenvalue weighted by Crippen LogP contribution is 2.18. The van der Waals surface area contributed by atoms with Gasteiger partial charge in [0.15, 0.2) is 5.03 Å². The summed E-state index contributed by atoms with van der Waals surface area (Å²) in [4.78, 5) is 6.57. The maximum absolute atomic E-state index is 12.3. The molecule has 1 fully saturated rings. The van der Waals surface area contributed by atoms with Crippen molar-refractivity contribution in [3.63, 3.8) is 0 Å². The van der Waals surface area contributed by atoms with Crippen LogP contribution >= 0.6 is 0 Å². The fourth-order valence-corrected chi connectivity index (χ4v) is 3.31. The van der Waals surface area contributed by atoms with Gasteiger partial charge in [-0.05, 0) is 6.92 Å². The molecule has 1 aliphatic rings. The normalized spacial score (nSPS) is 22.8. The van der Waals surface area contributed by atoms with Gasteiger partial charge in [-0.1, -0.05) is 0 Å². The highest BCUT2D eigenvalue weighted by Gasteiger charge is 2.34. The molecule has 96 valence electrons. The van der Waals surface area contributed by atoms with Crippen molar-refractivity contribution >= 4 is 10.0 Å². The van der Waals surface area contributed by atoms with E-state index in [0.29, 0.717) is 12.4 Å². The SMILES string of the molecule is Cc1ncc(S(=O)(=O)N2CCOCC2CO)[nH]1. The summed E-state index contributed by atoms with van der Waals surface area (Å²) in [5.74, 6) is 0.539. The van der Waals surface area contributed by atoms with Crippen LogP contribution in [-0.4, -0.2) is 60.2 Å². The van der Waals surface area contributed by atoms with Gasteiger partial charge in [0.2, 0.25) is 0 Å². The summed E-state index contributed by atoms with van der Waals surface area (Å²) in [5, 5.41) is 9.22. The predicted octanol–water partition coefficient (Wildman–Crippen LogP) is -0.900. The molecule has 0 saturated carbocycles. The largest absolute Gasteiger partial charge is 0.395 e. The molecule has 0 bridgehead atoms. The Morgan fingerprint density at radius 3 is 3.06 bits per heavy atom. The lowest BCUT2D eigenvalue weighted by molar-refractivity contribution is 0.0108. The molecule has 1 saturated heterocycles. The fraction of sp³-hybridized carbons (Fsp3) is 0.667. The standard InChI is InChI=1S/C9H15N3O4S/c1-7-10-4-9(11-7)17(14,15)12-2-3-16-6-8(12)5-13/h4,8,13H,2-3,5-6H2,1H3,(H,10,11). The summed E-state index contributed by atoms with van der Waals surface area (Å²) < 4.78 is 30.9. The molecule has 17 heavy (non-hydrogen) atoms. The zero-order valence-electron chi connectivity index (χ0n) is 9.46. The number of aromatic amines is 1. The Morgan fingerprint density at radius 1 is 1.71 bits per heavy atom. The van der Waals surface area contributed by atoms with Gasteiger partial charge in [0, 0.05) is 6.54 Å². The van der Waals surface area contributed by atoms with Crippen molar-refractivity contribution in [2.45, 2.75) is 18.0 Å². The molecule has 0 spiro atoms. The van der Waals surface area contributed by atoms with Gasteiger partial charge >= 0.3 is 0 Å². The first kappa shape index (κ1) is 12.5. The number of rotatable bonds is 3. The summed E-state index contributed by atoms with van der Waals surface area (Å²) in [6.45, 7) is 2.21. The molecular weight excluding hydrogens is 246 g/mol. The van der Waals surface area contributed by atoms with Crippen molar-refractivity contribution < 1.29 is 18.3 Å². The van der Waals surface area contributed by atoms with Crippen LogP contribution < -0.4 is 0 Å². The topological polar surface area (TPSA) is 95.5 Å². The molecule has 1 aliphatic heterocycles. The van der Waals surface area contributed by atoms with Crippen LogP contribution in [0.1, 0.15) is 5.82 Å². The van der Waals surface area contributed by atoms with E-state index in [0.717, 1.165) is 0 Å². The van der Waals surface area contributed by atoms with E-state index in [1.165, 1.54) is 10.5 Å². The third kappa shape index (κ3) is 2.34. The Labute approximate surface area is 99.5 Å². The van der Waals surface area contributed by atoms with Crippen molar-refractivity contribution in [3.05, 3.63) is 12.0 Å². The number of nitrogens with zero attached hydrogens (tertiary/aromatic N) is 2. The molecule has 0 aromatic carbocycles. The third-order valence-corrected chi connectivity index (χ3v) is 4.51. The Kier molecular flexibility index (Phi) is 3.48. The first-order valence-electron chi connectivity index (χ1n) is 5.28. The second kappa shape index (κ2) is 4.73. The van der Waals surface area contributed by atoms with Gasteiger partial charge in [-0.2, -0.15) is 4.31 Å². The third-order valence-electron chi connectivity index (χ3n) is 2.65. The first-order chi connectivity index (χ1) is 8.05. The number of aryl methyl sites for hydroxylation is 1. The Morgan fingerprint density at radius 2 is 2.47 bits per heavy atom. The molecular formula is C9H15N3O4S. The van der Waals surface area contributed by atoms with Gasteiger partial charge in [-0.15, -0.1) is 0 Å². The van der Waals surface area contributed by atoms with Gasteiger partial charge < -0.3 is 14.8 Å². The molecule has 0 amide bonds. The molecule has 0 aliphatic carbocycles. The minimum Gasteiger partial charge on any atom is -0.395 e.